The fourth-order valence-corrected chi connectivity index (χ4v) is 3.10. The zero-order valence-electron chi connectivity index (χ0n) is 12.6. The Morgan fingerprint density at radius 2 is 1.91 bits per heavy atom. The number of nitrogens with one attached hydrogen (secondary N) is 1. The molecular formula is C17H16BrN3O. The number of fused-ring (bicyclic) bond motifs is 1. The van der Waals surface area contributed by atoms with Crippen LogP contribution in [0, 0.1) is 20.8 Å². The lowest BCUT2D eigenvalue weighted by molar-refractivity contribution is 0.102. The average Bonchev–Trinajstić information content (AvgIpc) is 2.78. The van der Waals surface area contributed by atoms with Crippen molar-refractivity contribution in [1.29, 1.82) is 0 Å². The maximum absolute atomic E-state index is 12.7. The monoisotopic (exact) mass is 357 g/mol. The normalized spacial score (nSPS) is 10.9. The summed E-state index contributed by atoms with van der Waals surface area (Å²) in [5, 5.41) is 2.97. The van der Waals surface area contributed by atoms with E-state index in [-0.39, 0.29) is 5.91 Å². The lowest BCUT2D eigenvalue weighted by atomic mass is 10.2. The first-order chi connectivity index (χ1) is 10.5. The van der Waals surface area contributed by atoms with Gasteiger partial charge in [-0.2, -0.15) is 0 Å². The minimum absolute atomic E-state index is 0.156. The van der Waals surface area contributed by atoms with Gasteiger partial charge >= 0.3 is 0 Å². The molecular weight excluding hydrogens is 342 g/mol. The second-order valence-corrected chi connectivity index (χ2v) is 6.27. The molecule has 0 atom stereocenters. The molecule has 2 aromatic heterocycles. The fraction of sp³-hybridized carbons (Fsp3) is 0.176. The summed E-state index contributed by atoms with van der Waals surface area (Å²) in [5.74, 6) is -0.156. The number of anilines is 1. The summed E-state index contributed by atoms with van der Waals surface area (Å²) in [6.07, 6.45) is 1.87. The molecule has 0 bridgehead atoms. The number of para-hydroxylation sites is 1. The Labute approximate surface area is 137 Å². The molecule has 0 radical (unpaired) electrons. The quantitative estimate of drug-likeness (QED) is 0.744. The molecule has 2 heterocycles. The number of amides is 1. The van der Waals surface area contributed by atoms with E-state index in [1.807, 2.05) is 61.7 Å². The third-order valence-electron chi connectivity index (χ3n) is 3.65. The number of hydrogen-bond acceptors (Lipinski definition) is 2. The molecule has 0 spiro atoms. The molecule has 1 aromatic carbocycles. The maximum atomic E-state index is 12.7. The van der Waals surface area contributed by atoms with Gasteiger partial charge in [0, 0.05) is 16.4 Å². The van der Waals surface area contributed by atoms with Gasteiger partial charge in [-0.3, -0.25) is 9.20 Å². The van der Waals surface area contributed by atoms with Crippen LogP contribution in [-0.2, 0) is 0 Å². The van der Waals surface area contributed by atoms with Crippen LogP contribution in [0.2, 0.25) is 0 Å². The van der Waals surface area contributed by atoms with E-state index in [4.69, 9.17) is 0 Å². The van der Waals surface area contributed by atoms with Crippen LogP contribution >= 0.6 is 15.9 Å². The van der Waals surface area contributed by atoms with Crippen LogP contribution in [0.3, 0.4) is 0 Å². The summed E-state index contributed by atoms with van der Waals surface area (Å²) >= 11 is 3.47. The molecule has 22 heavy (non-hydrogen) atoms. The van der Waals surface area contributed by atoms with Crippen molar-refractivity contribution >= 4 is 33.2 Å². The predicted octanol–water partition coefficient (Wildman–Crippen LogP) is 4.27. The van der Waals surface area contributed by atoms with Crippen molar-refractivity contribution in [3.05, 3.63) is 63.5 Å². The molecule has 0 unspecified atom stereocenters. The van der Waals surface area contributed by atoms with Crippen molar-refractivity contribution in [2.75, 3.05) is 5.32 Å². The Bertz CT molecular complexity index is 883. The molecule has 1 amide bonds. The highest BCUT2D eigenvalue weighted by molar-refractivity contribution is 9.10. The maximum Gasteiger partial charge on any atom is 0.274 e. The van der Waals surface area contributed by atoms with Crippen LogP contribution in [0.4, 0.5) is 5.69 Å². The van der Waals surface area contributed by atoms with Gasteiger partial charge in [-0.25, -0.2) is 4.98 Å². The van der Waals surface area contributed by atoms with E-state index in [0.29, 0.717) is 11.4 Å². The molecule has 0 aliphatic heterocycles. The predicted molar refractivity (Wildman–Crippen MR) is 91.5 cm³/mol. The van der Waals surface area contributed by atoms with Gasteiger partial charge in [0.15, 0.2) is 0 Å². The lowest BCUT2D eigenvalue weighted by Crippen LogP contribution is -2.16. The first-order valence-electron chi connectivity index (χ1n) is 6.99. The number of carbonyl (C=O) groups is 1. The highest BCUT2D eigenvalue weighted by Crippen LogP contribution is 2.22. The highest BCUT2D eigenvalue weighted by atomic mass is 79.9. The third-order valence-corrected chi connectivity index (χ3v) is 4.09. The number of aryl methyl sites for hydroxylation is 3. The molecule has 3 rings (SSSR count). The molecule has 1 N–H and O–H groups in total. The van der Waals surface area contributed by atoms with Gasteiger partial charge in [-0.1, -0.05) is 18.2 Å². The van der Waals surface area contributed by atoms with Crippen molar-refractivity contribution < 1.29 is 4.79 Å². The highest BCUT2D eigenvalue weighted by Gasteiger charge is 2.18. The van der Waals surface area contributed by atoms with E-state index in [0.717, 1.165) is 26.9 Å². The first-order valence-corrected chi connectivity index (χ1v) is 7.78. The Hall–Kier alpha value is -2.14. The van der Waals surface area contributed by atoms with Gasteiger partial charge < -0.3 is 5.32 Å². The topological polar surface area (TPSA) is 46.4 Å². The molecule has 0 saturated carbocycles. The second-order valence-electron chi connectivity index (χ2n) is 5.35. The van der Waals surface area contributed by atoms with Crippen LogP contribution in [0.5, 0.6) is 0 Å². The largest absolute Gasteiger partial charge is 0.320 e. The van der Waals surface area contributed by atoms with Crippen molar-refractivity contribution in [1.82, 2.24) is 9.38 Å². The van der Waals surface area contributed by atoms with E-state index in [9.17, 15) is 4.79 Å². The lowest BCUT2D eigenvalue weighted by Gasteiger charge is -2.09. The van der Waals surface area contributed by atoms with Crippen molar-refractivity contribution in [3.8, 4) is 0 Å². The van der Waals surface area contributed by atoms with Crippen LogP contribution in [0.1, 0.15) is 27.3 Å². The number of nitrogens with zero attached hydrogens (tertiary/aromatic N) is 2. The Kier molecular flexibility index (Phi) is 3.74. The van der Waals surface area contributed by atoms with E-state index < -0.39 is 0 Å². The number of imidazole rings is 1. The molecule has 0 aliphatic carbocycles. The smallest absolute Gasteiger partial charge is 0.274 e. The number of pyridine rings is 1. The van der Waals surface area contributed by atoms with Crippen LogP contribution in [0.15, 0.2) is 41.0 Å². The number of hydrogen-bond donors (Lipinski definition) is 1. The molecule has 0 aliphatic rings. The van der Waals surface area contributed by atoms with E-state index >= 15 is 0 Å². The van der Waals surface area contributed by atoms with Crippen molar-refractivity contribution in [2.24, 2.45) is 0 Å². The minimum Gasteiger partial charge on any atom is -0.320 e. The molecule has 0 fully saturated rings. The molecule has 3 aromatic rings. The molecule has 4 nitrogen and oxygen atoms in total. The summed E-state index contributed by atoms with van der Waals surface area (Å²) < 4.78 is 2.75. The van der Waals surface area contributed by atoms with E-state index in [1.54, 1.807) is 0 Å². The molecule has 112 valence electrons. The Balaban J connectivity index is 2.08. The van der Waals surface area contributed by atoms with Gasteiger partial charge in [-0.15, -0.1) is 0 Å². The number of rotatable bonds is 2. The van der Waals surface area contributed by atoms with Crippen LogP contribution < -0.4 is 5.32 Å². The second kappa shape index (κ2) is 5.57. The summed E-state index contributed by atoms with van der Waals surface area (Å²) in [5.41, 5.74) is 4.94. The fourth-order valence-electron chi connectivity index (χ4n) is 2.55. The van der Waals surface area contributed by atoms with Crippen LogP contribution in [-0.4, -0.2) is 15.3 Å². The Morgan fingerprint density at radius 1 is 1.18 bits per heavy atom. The summed E-state index contributed by atoms with van der Waals surface area (Å²) in [6, 6.07) is 9.71. The molecule has 5 heteroatoms. The number of benzene rings is 1. The zero-order chi connectivity index (χ0) is 15.9. The van der Waals surface area contributed by atoms with Gasteiger partial charge in [0.1, 0.15) is 11.3 Å². The van der Waals surface area contributed by atoms with Crippen molar-refractivity contribution in [2.45, 2.75) is 20.8 Å². The van der Waals surface area contributed by atoms with Crippen molar-refractivity contribution in [3.63, 3.8) is 0 Å². The number of halogens is 1. The van der Waals surface area contributed by atoms with Gasteiger partial charge in [0.05, 0.1) is 5.69 Å². The SMILES string of the molecule is Cc1ccccc1NC(=O)c1c(C)nc2c(C)cc(Br)cn12. The average molecular weight is 358 g/mol. The Morgan fingerprint density at radius 3 is 2.64 bits per heavy atom. The number of aromatic nitrogens is 2. The summed E-state index contributed by atoms with van der Waals surface area (Å²) in [4.78, 5) is 17.2. The summed E-state index contributed by atoms with van der Waals surface area (Å²) in [7, 11) is 0. The first kappa shape index (κ1) is 14.8. The van der Waals surface area contributed by atoms with Gasteiger partial charge in [0.25, 0.3) is 5.91 Å². The van der Waals surface area contributed by atoms with E-state index in [1.165, 1.54) is 0 Å². The third kappa shape index (κ3) is 2.52. The van der Waals surface area contributed by atoms with Gasteiger partial charge in [0.2, 0.25) is 0 Å². The van der Waals surface area contributed by atoms with Gasteiger partial charge in [-0.05, 0) is 60.0 Å². The standard InChI is InChI=1S/C17H16BrN3O/c1-10-6-4-5-7-14(10)20-17(22)15-12(3)19-16-11(2)8-13(18)9-21(15)16/h4-9H,1-3H3,(H,20,22). The molecule has 0 saturated heterocycles. The zero-order valence-corrected chi connectivity index (χ0v) is 14.2. The number of carbonyl (C=O) groups excluding carboxylic acids is 1. The van der Waals surface area contributed by atoms with Crippen LogP contribution in [0.25, 0.3) is 5.65 Å². The minimum atomic E-state index is -0.156. The summed E-state index contributed by atoms with van der Waals surface area (Å²) in [6.45, 7) is 5.81. The van der Waals surface area contributed by atoms with E-state index in [2.05, 4.69) is 26.2 Å².